The van der Waals surface area contributed by atoms with E-state index in [9.17, 15) is 9.90 Å². The molecule has 1 rings (SSSR count). The number of benzene rings is 1. The van der Waals surface area contributed by atoms with Gasteiger partial charge in [0.05, 0.1) is 11.7 Å². The van der Waals surface area contributed by atoms with Crippen molar-refractivity contribution in [3.63, 3.8) is 0 Å². The average Bonchev–Trinajstić information content (AvgIpc) is 2.27. The molecule has 1 aromatic rings. The highest BCUT2D eigenvalue weighted by atomic mass is 17.1. The molecule has 0 aromatic heterocycles. The van der Waals surface area contributed by atoms with Crippen LogP contribution in [-0.4, -0.2) is 22.4 Å². The first-order valence-corrected chi connectivity index (χ1v) is 5.66. The predicted molar refractivity (Wildman–Crippen MR) is 63.7 cm³/mol. The van der Waals surface area contributed by atoms with Gasteiger partial charge in [-0.15, -0.1) is 0 Å². The van der Waals surface area contributed by atoms with Gasteiger partial charge >= 0.3 is 5.97 Å². The van der Waals surface area contributed by atoms with E-state index in [1.54, 1.807) is 19.1 Å². The molecular weight excluding hydrogens is 220 g/mol. The van der Waals surface area contributed by atoms with Crippen LogP contribution in [0.4, 0.5) is 0 Å². The zero-order chi connectivity index (χ0) is 12.8. The molecule has 2 N–H and O–H groups in total. The van der Waals surface area contributed by atoms with Gasteiger partial charge in [-0.25, -0.2) is 4.79 Å². The first-order chi connectivity index (χ1) is 8.04. The van der Waals surface area contributed by atoms with Crippen molar-refractivity contribution in [3.8, 4) is 0 Å². The molecule has 0 saturated carbocycles. The number of rotatable bonds is 5. The zero-order valence-electron chi connectivity index (χ0n) is 10.1. The Bertz CT molecular complexity index is 373. The van der Waals surface area contributed by atoms with E-state index in [0.717, 1.165) is 5.56 Å². The van der Waals surface area contributed by atoms with E-state index in [1.165, 1.54) is 0 Å². The molecule has 0 aliphatic carbocycles. The van der Waals surface area contributed by atoms with Crippen molar-refractivity contribution >= 4 is 5.97 Å². The number of aliphatic hydroxyl groups excluding tert-OH is 1. The summed E-state index contributed by atoms with van der Waals surface area (Å²) in [5.74, 6) is -0.493. The summed E-state index contributed by atoms with van der Waals surface area (Å²) in [4.78, 5) is 15.1. The Morgan fingerprint density at radius 1 is 1.35 bits per heavy atom. The van der Waals surface area contributed by atoms with Gasteiger partial charge < -0.3 is 5.11 Å². The van der Waals surface area contributed by atoms with Crippen molar-refractivity contribution in [1.29, 1.82) is 0 Å². The Morgan fingerprint density at radius 2 is 2.00 bits per heavy atom. The highest BCUT2D eigenvalue weighted by molar-refractivity contribution is 5.90. The van der Waals surface area contributed by atoms with Crippen LogP contribution in [0, 0.1) is 5.92 Å². The lowest BCUT2D eigenvalue weighted by molar-refractivity contribution is -0.182. The van der Waals surface area contributed by atoms with Crippen LogP contribution in [0.5, 0.6) is 0 Å². The number of carbonyl (C=O) groups excluding carboxylic acids is 1. The Labute approximate surface area is 101 Å². The van der Waals surface area contributed by atoms with Crippen molar-refractivity contribution in [2.45, 2.75) is 32.8 Å². The lowest BCUT2D eigenvalue weighted by Crippen LogP contribution is -2.12. The summed E-state index contributed by atoms with van der Waals surface area (Å²) in [6.45, 7) is 3.75. The van der Waals surface area contributed by atoms with E-state index in [0.29, 0.717) is 18.4 Å². The molecule has 0 saturated heterocycles. The van der Waals surface area contributed by atoms with Crippen LogP contribution in [0.3, 0.4) is 0 Å². The fourth-order valence-corrected chi connectivity index (χ4v) is 1.99. The summed E-state index contributed by atoms with van der Waals surface area (Å²) in [6.07, 6.45) is 0.973. The summed E-state index contributed by atoms with van der Waals surface area (Å²) < 4.78 is 0. The highest BCUT2D eigenvalue weighted by Gasteiger charge is 2.15. The van der Waals surface area contributed by atoms with Gasteiger partial charge in [-0.05, 0) is 37.3 Å². The summed E-state index contributed by atoms with van der Waals surface area (Å²) in [5, 5.41) is 17.7. The van der Waals surface area contributed by atoms with E-state index < -0.39 is 5.97 Å². The van der Waals surface area contributed by atoms with Crippen LogP contribution >= 0.6 is 0 Å². The molecule has 2 unspecified atom stereocenters. The molecule has 0 radical (unpaired) electrons. The topological polar surface area (TPSA) is 66.8 Å². The minimum absolute atomic E-state index is 0.252. The van der Waals surface area contributed by atoms with Crippen molar-refractivity contribution < 1.29 is 20.0 Å². The summed E-state index contributed by atoms with van der Waals surface area (Å²) in [7, 11) is 0. The minimum atomic E-state index is -0.746. The Hall–Kier alpha value is -1.39. The maximum absolute atomic E-state index is 11.3. The fourth-order valence-electron chi connectivity index (χ4n) is 1.99. The number of hydrogen-bond donors (Lipinski definition) is 2. The largest absolute Gasteiger partial charge is 0.393 e. The molecule has 0 aliphatic heterocycles. The first kappa shape index (κ1) is 13.7. The fraction of sp³-hybridized carbons (Fsp3) is 0.462. The maximum atomic E-state index is 11.3. The smallest absolute Gasteiger partial charge is 0.373 e. The van der Waals surface area contributed by atoms with E-state index in [1.807, 2.05) is 19.1 Å². The SMILES string of the molecule is CC(O)CC(C)Cc1ccccc1C(=O)OO. The van der Waals surface area contributed by atoms with Crippen LogP contribution < -0.4 is 0 Å². The third-order valence-corrected chi connectivity index (χ3v) is 2.63. The monoisotopic (exact) mass is 238 g/mol. The maximum Gasteiger partial charge on any atom is 0.373 e. The molecule has 0 bridgehead atoms. The molecule has 4 heteroatoms. The van der Waals surface area contributed by atoms with Crippen LogP contribution in [-0.2, 0) is 11.3 Å². The van der Waals surface area contributed by atoms with Crippen molar-refractivity contribution in [1.82, 2.24) is 0 Å². The molecule has 17 heavy (non-hydrogen) atoms. The Kier molecular flexibility index (Phi) is 5.12. The first-order valence-electron chi connectivity index (χ1n) is 5.66. The van der Waals surface area contributed by atoms with Crippen molar-refractivity contribution in [2.75, 3.05) is 0 Å². The van der Waals surface area contributed by atoms with E-state index in [4.69, 9.17) is 5.26 Å². The molecule has 0 heterocycles. The third kappa shape index (κ3) is 4.17. The quantitative estimate of drug-likeness (QED) is 0.610. The Balaban J connectivity index is 2.80. The molecule has 2 atom stereocenters. The average molecular weight is 238 g/mol. The molecule has 0 amide bonds. The lowest BCUT2D eigenvalue weighted by atomic mass is 9.93. The van der Waals surface area contributed by atoms with Crippen LogP contribution in [0.25, 0.3) is 0 Å². The summed E-state index contributed by atoms with van der Waals surface area (Å²) in [6, 6.07) is 6.99. The van der Waals surface area contributed by atoms with Gasteiger partial charge in [0.25, 0.3) is 0 Å². The summed E-state index contributed by atoms with van der Waals surface area (Å²) >= 11 is 0. The minimum Gasteiger partial charge on any atom is -0.393 e. The second kappa shape index (κ2) is 6.37. The molecular formula is C13H18O4. The van der Waals surface area contributed by atoms with Gasteiger partial charge in [0.2, 0.25) is 0 Å². The van der Waals surface area contributed by atoms with E-state index in [-0.39, 0.29) is 12.0 Å². The van der Waals surface area contributed by atoms with Gasteiger partial charge in [0.15, 0.2) is 0 Å². The molecule has 0 fully saturated rings. The van der Waals surface area contributed by atoms with Crippen molar-refractivity contribution in [2.24, 2.45) is 5.92 Å². The standard InChI is InChI=1S/C13H18O4/c1-9(7-10(2)14)8-11-5-3-4-6-12(11)13(15)17-16/h3-6,9-10,14,16H,7-8H2,1-2H3. The highest BCUT2D eigenvalue weighted by Crippen LogP contribution is 2.18. The molecule has 1 aromatic carbocycles. The van der Waals surface area contributed by atoms with E-state index in [2.05, 4.69) is 4.89 Å². The predicted octanol–water partition coefficient (Wildman–Crippen LogP) is 2.27. The van der Waals surface area contributed by atoms with Gasteiger partial charge in [-0.2, -0.15) is 5.26 Å². The Morgan fingerprint density at radius 3 is 2.59 bits per heavy atom. The summed E-state index contributed by atoms with van der Waals surface area (Å²) in [5.41, 5.74) is 1.19. The van der Waals surface area contributed by atoms with Crippen molar-refractivity contribution in [3.05, 3.63) is 35.4 Å². The molecule has 0 spiro atoms. The number of carbonyl (C=O) groups is 1. The van der Waals surface area contributed by atoms with Gasteiger partial charge in [0.1, 0.15) is 0 Å². The number of aliphatic hydroxyl groups is 1. The zero-order valence-corrected chi connectivity index (χ0v) is 10.1. The van der Waals surface area contributed by atoms with Gasteiger partial charge in [-0.3, -0.25) is 4.89 Å². The normalized spacial score (nSPS) is 14.1. The molecule has 4 nitrogen and oxygen atoms in total. The third-order valence-electron chi connectivity index (χ3n) is 2.63. The molecule has 0 aliphatic rings. The van der Waals surface area contributed by atoms with Crippen LogP contribution in [0.2, 0.25) is 0 Å². The lowest BCUT2D eigenvalue weighted by Gasteiger charge is -2.14. The van der Waals surface area contributed by atoms with Crippen LogP contribution in [0.1, 0.15) is 36.2 Å². The van der Waals surface area contributed by atoms with Gasteiger partial charge in [0, 0.05) is 0 Å². The number of hydrogen-bond acceptors (Lipinski definition) is 4. The van der Waals surface area contributed by atoms with Crippen LogP contribution in [0.15, 0.2) is 24.3 Å². The second-order valence-corrected chi connectivity index (χ2v) is 4.43. The van der Waals surface area contributed by atoms with E-state index >= 15 is 0 Å². The van der Waals surface area contributed by atoms with Gasteiger partial charge in [-0.1, -0.05) is 25.1 Å². The second-order valence-electron chi connectivity index (χ2n) is 4.43. The molecule has 94 valence electrons.